The number of alkyl carbamates (subject to hydrolysis) is 1. The fourth-order valence-electron chi connectivity index (χ4n) is 8.11. The van der Waals surface area contributed by atoms with Gasteiger partial charge in [-0.25, -0.2) is 23.9 Å². The van der Waals surface area contributed by atoms with Crippen LogP contribution in [-0.2, 0) is 29.4 Å². The first-order chi connectivity index (χ1) is 30.8. The molecule has 2 saturated carbocycles. The molecule has 20 heteroatoms. The molecule has 65 heavy (non-hydrogen) atoms. The van der Waals surface area contributed by atoms with Crippen molar-refractivity contribution in [2.45, 2.75) is 109 Å². The number of aromatic nitrogens is 2. The average molecular weight is 936 g/mol. The third-order valence-corrected chi connectivity index (χ3v) is 13.2. The Morgan fingerprint density at radius 3 is 2.42 bits per heavy atom. The highest BCUT2D eigenvalue weighted by atomic mass is 32.2. The van der Waals surface area contributed by atoms with E-state index in [1.165, 1.54) is 34.4 Å². The molecule has 0 bridgehead atoms. The predicted octanol–water partition coefficient (Wildman–Crippen LogP) is 6.26. The van der Waals surface area contributed by atoms with Gasteiger partial charge in [-0.15, -0.1) is 17.9 Å². The normalized spacial score (nSPS) is 21.4. The standard InChI is InChI=1S/C45H54FN7O10S2/c1-8-26-22-45(26,41(56)52-65(58,59)63-36-16-12-11-15-31(36)46)51-39(54)35-20-29(23-53(35)40(55)38(44(4,5)6)50-43(57)62-27-13-9-10-14-27)61-37-21-33(34-24-64-42(49-34)47-25(2)3)48-32-19-28(60-7)17-18-30(32)37/h8,11-12,15-19,21,24-27,29,35,38H,1,9-10,13-14,20,22-23H2,2-7H3,(H,47,49)(H,50,57)(H,51,54)(H,52,56)/t26?,29-,35+,38-,45-/m1/s1. The Kier molecular flexibility index (Phi) is 13.6. The number of pyridine rings is 1. The van der Waals surface area contributed by atoms with Crippen LogP contribution < -0.4 is 34.3 Å². The summed E-state index contributed by atoms with van der Waals surface area (Å²) in [6.07, 6.45) is 2.66. The van der Waals surface area contributed by atoms with E-state index >= 15 is 0 Å². The lowest BCUT2D eigenvalue weighted by Gasteiger charge is -2.35. The zero-order valence-corrected chi connectivity index (χ0v) is 38.6. The molecule has 2 aromatic heterocycles. The molecule has 1 saturated heterocycles. The van der Waals surface area contributed by atoms with Crippen molar-refractivity contribution in [2.75, 3.05) is 19.0 Å². The predicted molar refractivity (Wildman–Crippen MR) is 241 cm³/mol. The van der Waals surface area contributed by atoms with Crippen molar-refractivity contribution in [1.82, 2.24) is 30.2 Å². The molecular weight excluding hydrogens is 882 g/mol. The maximum Gasteiger partial charge on any atom is 0.409 e. The van der Waals surface area contributed by atoms with E-state index in [1.54, 1.807) is 56.9 Å². The maximum atomic E-state index is 14.9. The summed E-state index contributed by atoms with van der Waals surface area (Å²) in [6.45, 7) is 12.9. The van der Waals surface area contributed by atoms with E-state index < -0.39 is 80.7 Å². The lowest BCUT2D eigenvalue weighted by molar-refractivity contribution is -0.143. The van der Waals surface area contributed by atoms with Gasteiger partial charge < -0.3 is 39.2 Å². The van der Waals surface area contributed by atoms with E-state index in [9.17, 15) is 32.0 Å². The molecule has 4 aromatic rings. The van der Waals surface area contributed by atoms with Crippen molar-refractivity contribution in [3.63, 3.8) is 0 Å². The van der Waals surface area contributed by atoms with Crippen LogP contribution in [0.3, 0.4) is 0 Å². The van der Waals surface area contributed by atoms with Crippen LogP contribution in [0.5, 0.6) is 17.2 Å². The Hall–Kier alpha value is -6.02. The summed E-state index contributed by atoms with van der Waals surface area (Å²) in [7, 11) is -3.39. The molecule has 1 unspecified atom stereocenters. The van der Waals surface area contributed by atoms with Crippen molar-refractivity contribution >= 4 is 61.5 Å². The van der Waals surface area contributed by atoms with Crippen LogP contribution in [0.1, 0.15) is 73.1 Å². The van der Waals surface area contributed by atoms with Gasteiger partial charge in [0.05, 0.1) is 24.9 Å². The number of para-hydroxylation sites is 1. The Morgan fingerprint density at radius 2 is 1.75 bits per heavy atom. The second kappa shape index (κ2) is 18.8. The Morgan fingerprint density at radius 1 is 1.02 bits per heavy atom. The number of thiazole rings is 1. The Labute approximate surface area is 381 Å². The summed E-state index contributed by atoms with van der Waals surface area (Å²) in [5.74, 6) is -3.97. The number of hydrogen-bond donors (Lipinski definition) is 4. The smallest absolute Gasteiger partial charge is 0.409 e. The summed E-state index contributed by atoms with van der Waals surface area (Å²) in [5, 5.41) is 12.0. The van der Waals surface area contributed by atoms with Crippen molar-refractivity contribution in [2.24, 2.45) is 11.3 Å². The number of nitrogens with one attached hydrogen (secondary N) is 4. The van der Waals surface area contributed by atoms with E-state index in [2.05, 4.69) is 22.5 Å². The molecule has 3 heterocycles. The molecule has 1 aliphatic heterocycles. The monoisotopic (exact) mass is 935 g/mol. The molecule has 5 atom stereocenters. The minimum atomic E-state index is -4.93. The second-order valence-electron chi connectivity index (χ2n) is 17.9. The number of halogens is 1. The molecule has 0 radical (unpaired) electrons. The van der Waals surface area contributed by atoms with Crippen molar-refractivity contribution in [3.8, 4) is 28.6 Å². The van der Waals surface area contributed by atoms with E-state index in [4.69, 9.17) is 28.4 Å². The van der Waals surface area contributed by atoms with E-state index in [-0.39, 0.29) is 31.5 Å². The average Bonchev–Trinajstić information content (AvgIpc) is 3.65. The number of methoxy groups -OCH3 is 1. The summed E-state index contributed by atoms with van der Waals surface area (Å²) in [5.41, 5.74) is -1.08. The van der Waals surface area contributed by atoms with E-state index in [1.807, 2.05) is 19.2 Å². The highest BCUT2D eigenvalue weighted by molar-refractivity contribution is 7.85. The van der Waals surface area contributed by atoms with Crippen LogP contribution in [0, 0.1) is 17.2 Å². The molecule has 4 N–H and O–H groups in total. The van der Waals surface area contributed by atoms with Gasteiger partial charge in [0.15, 0.2) is 16.7 Å². The quantitative estimate of drug-likeness (QED) is 0.0914. The summed E-state index contributed by atoms with van der Waals surface area (Å²) in [6, 6.07) is 9.47. The molecule has 2 aliphatic carbocycles. The minimum absolute atomic E-state index is 0.0384. The summed E-state index contributed by atoms with van der Waals surface area (Å²) >= 11 is 1.42. The van der Waals surface area contributed by atoms with Gasteiger partial charge in [-0.1, -0.05) is 39.0 Å². The van der Waals surface area contributed by atoms with Crippen molar-refractivity contribution in [1.29, 1.82) is 0 Å². The number of rotatable bonds is 16. The Bertz CT molecular complexity index is 2580. The van der Waals surface area contributed by atoms with Gasteiger partial charge in [0, 0.05) is 41.3 Å². The maximum absolute atomic E-state index is 14.9. The fourth-order valence-corrected chi connectivity index (χ4v) is 9.78. The Balaban J connectivity index is 1.20. The van der Waals surface area contributed by atoms with Gasteiger partial charge in [-0.2, -0.15) is 8.42 Å². The van der Waals surface area contributed by atoms with Gasteiger partial charge in [0.2, 0.25) is 11.8 Å². The van der Waals surface area contributed by atoms with E-state index in [0.29, 0.717) is 51.8 Å². The molecule has 4 amide bonds. The number of benzene rings is 2. The topological polar surface area (TPSA) is 216 Å². The van der Waals surface area contributed by atoms with Gasteiger partial charge >= 0.3 is 16.4 Å². The van der Waals surface area contributed by atoms with Crippen LogP contribution in [0.2, 0.25) is 0 Å². The van der Waals surface area contributed by atoms with Gasteiger partial charge in [0.1, 0.15) is 47.0 Å². The molecule has 3 fully saturated rings. The zero-order chi connectivity index (χ0) is 46.8. The largest absolute Gasteiger partial charge is 0.497 e. The number of amides is 4. The van der Waals surface area contributed by atoms with Crippen LogP contribution >= 0.6 is 11.3 Å². The minimum Gasteiger partial charge on any atom is -0.497 e. The number of likely N-dealkylation sites (tertiary alicyclic amines) is 1. The number of carbonyl (C=O) groups is 4. The molecule has 17 nitrogen and oxygen atoms in total. The first-order valence-electron chi connectivity index (χ1n) is 21.4. The molecule has 7 rings (SSSR count). The van der Waals surface area contributed by atoms with Crippen LogP contribution in [0.15, 0.2) is 66.6 Å². The third-order valence-electron chi connectivity index (χ3n) is 11.6. The molecule has 348 valence electrons. The summed E-state index contributed by atoms with van der Waals surface area (Å²) < 4.78 is 64.9. The van der Waals surface area contributed by atoms with Gasteiger partial charge in [0.25, 0.3) is 5.91 Å². The number of ether oxygens (including phenoxy) is 3. The number of fused-ring (bicyclic) bond motifs is 1. The van der Waals surface area contributed by atoms with Crippen LogP contribution in [0.25, 0.3) is 22.3 Å². The highest BCUT2D eigenvalue weighted by Gasteiger charge is 2.62. The molecule has 2 aromatic carbocycles. The third kappa shape index (κ3) is 10.8. The SMILES string of the molecule is C=CC1C[C@]1(NC(=O)[C@@H]1C[C@@H](Oc2cc(-c3csc(NC(C)C)n3)nc3cc(OC)ccc23)CN1C(=O)[C@@H](NC(=O)OC1CCCC1)C(C)(C)C)C(=O)NS(=O)(=O)Oc1ccccc1F. The molecule has 0 spiro atoms. The van der Waals surface area contributed by atoms with Crippen LogP contribution in [0.4, 0.5) is 14.3 Å². The lowest BCUT2D eigenvalue weighted by Crippen LogP contribution is -2.60. The number of carbonyl (C=O) groups excluding carboxylic acids is 4. The van der Waals surface area contributed by atoms with Gasteiger partial charge in [-0.05, 0) is 75.6 Å². The number of nitrogens with zero attached hydrogens (tertiary/aromatic N) is 3. The number of anilines is 1. The zero-order valence-electron chi connectivity index (χ0n) is 37.0. The van der Waals surface area contributed by atoms with Crippen molar-refractivity contribution in [3.05, 3.63) is 72.4 Å². The first-order valence-corrected chi connectivity index (χ1v) is 23.7. The van der Waals surface area contributed by atoms with Gasteiger partial charge in [-0.3, -0.25) is 14.4 Å². The lowest BCUT2D eigenvalue weighted by atomic mass is 9.85. The highest BCUT2D eigenvalue weighted by Crippen LogP contribution is 2.45. The number of hydrogen-bond acceptors (Lipinski definition) is 14. The molecular formula is C45H54FN7O10S2. The summed E-state index contributed by atoms with van der Waals surface area (Å²) in [4.78, 5) is 67.5. The van der Waals surface area contributed by atoms with E-state index in [0.717, 1.165) is 25.0 Å². The second-order valence-corrected chi connectivity index (χ2v) is 20.0. The van der Waals surface area contributed by atoms with Crippen molar-refractivity contribution < 1.29 is 50.4 Å². The first kappa shape index (κ1) is 47.0. The van der Waals surface area contributed by atoms with Crippen LogP contribution in [-0.4, -0.2) is 96.6 Å². The fraction of sp³-hybridized carbons (Fsp3) is 0.467. The molecule has 3 aliphatic rings.